The third-order valence-electron chi connectivity index (χ3n) is 1.97. The van der Waals surface area contributed by atoms with Crippen LogP contribution in [0.4, 0.5) is 0 Å². The van der Waals surface area contributed by atoms with E-state index < -0.39 is 0 Å². The van der Waals surface area contributed by atoms with Gasteiger partial charge in [-0.3, -0.25) is 4.79 Å². The minimum atomic E-state index is -0.141. The molecule has 0 fully saturated rings. The lowest BCUT2D eigenvalue weighted by Crippen LogP contribution is -2.22. The van der Waals surface area contributed by atoms with E-state index in [1.165, 1.54) is 0 Å². The first kappa shape index (κ1) is 10.1. The predicted molar refractivity (Wildman–Crippen MR) is 59.6 cm³/mol. The van der Waals surface area contributed by atoms with Crippen LogP contribution in [0.15, 0.2) is 16.6 Å². The second kappa shape index (κ2) is 3.98. The quantitative estimate of drug-likeness (QED) is 0.867. The van der Waals surface area contributed by atoms with Gasteiger partial charge in [0, 0.05) is 11.0 Å². The average Bonchev–Trinajstić information content (AvgIpc) is 2.64. The van der Waals surface area contributed by atoms with Gasteiger partial charge in [-0.2, -0.15) is 15.4 Å². The summed E-state index contributed by atoms with van der Waals surface area (Å²) in [5.74, 6) is -0.141. The standard InChI is InChI=1S/C9H9BrN4O/c1-2-11-9(15)6-3-5(10)4-7-8(6)13-14-12-7/h3-4H,2H2,1H3,(H,11,15)(H,12,13,14). The first-order valence-corrected chi connectivity index (χ1v) is 5.30. The maximum Gasteiger partial charge on any atom is 0.253 e. The molecule has 0 bridgehead atoms. The molecule has 2 aromatic rings. The van der Waals surface area contributed by atoms with Gasteiger partial charge in [-0.1, -0.05) is 15.9 Å². The van der Waals surface area contributed by atoms with E-state index in [0.29, 0.717) is 23.1 Å². The Hall–Kier alpha value is -1.43. The van der Waals surface area contributed by atoms with Gasteiger partial charge in [-0.05, 0) is 19.1 Å². The highest BCUT2D eigenvalue weighted by Gasteiger charge is 2.13. The van der Waals surface area contributed by atoms with E-state index in [1.807, 2.05) is 13.0 Å². The Morgan fingerprint density at radius 2 is 2.33 bits per heavy atom. The second-order valence-electron chi connectivity index (χ2n) is 3.00. The summed E-state index contributed by atoms with van der Waals surface area (Å²) in [7, 11) is 0. The van der Waals surface area contributed by atoms with Gasteiger partial charge in [-0.15, -0.1) is 0 Å². The van der Waals surface area contributed by atoms with Gasteiger partial charge in [-0.25, -0.2) is 0 Å². The summed E-state index contributed by atoms with van der Waals surface area (Å²) in [6, 6.07) is 3.54. The summed E-state index contributed by atoms with van der Waals surface area (Å²) in [5.41, 5.74) is 1.78. The van der Waals surface area contributed by atoms with Crippen molar-refractivity contribution in [3.63, 3.8) is 0 Å². The first-order chi connectivity index (χ1) is 7.22. The minimum Gasteiger partial charge on any atom is -0.352 e. The topological polar surface area (TPSA) is 70.7 Å². The van der Waals surface area contributed by atoms with E-state index in [2.05, 4.69) is 36.7 Å². The summed E-state index contributed by atoms with van der Waals surface area (Å²) < 4.78 is 0.810. The zero-order valence-electron chi connectivity index (χ0n) is 8.04. The van der Waals surface area contributed by atoms with Crippen molar-refractivity contribution in [1.29, 1.82) is 0 Å². The summed E-state index contributed by atoms with van der Waals surface area (Å²) in [5, 5.41) is 13.1. The van der Waals surface area contributed by atoms with Crippen LogP contribution in [0.2, 0.25) is 0 Å². The minimum absolute atomic E-state index is 0.141. The van der Waals surface area contributed by atoms with E-state index >= 15 is 0 Å². The molecule has 0 aliphatic carbocycles. The molecule has 15 heavy (non-hydrogen) atoms. The largest absolute Gasteiger partial charge is 0.352 e. The van der Waals surface area contributed by atoms with Gasteiger partial charge < -0.3 is 5.32 Å². The van der Waals surface area contributed by atoms with Crippen LogP contribution in [0, 0.1) is 0 Å². The summed E-state index contributed by atoms with van der Waals surface area (Å²) in [6.45, 7) is 2.46. The molecule has 2 N–H and O–H groups in total. The van der Waals surface area contributed by atoms with Crippen LogP contribution in [0.3, 0.4) is 0 Å². The Balaban J connectivity index is 2.57. The molecule has 0 saturated carbocycles. The van der Waals surface area contributed by atoms with Crippen molar-refractivity contribution >= 4 is 32.9 Å². The Labute approximate surface area is 94.4 Å². The molecule has 6 heteroatoms. The third kappa shape index (κ3) is 1.85. The highest BCUT2D eigenvalue weighted by Crippen LogP contribution is 2.20. The summed E-state index contributed by atoms with van der Waals surface area (Å²) in [6.07, 6.45) is 0. The Morgan fingerprint density at radius 3 is 3.07 bits per heavy atom. The second-order valence-corrected chi connectivity index (χ2v) is 3.92. The number of aromatic nitrogens is 3. The van der Waals surface area contributed by atoms with Gasteiger partial charge in [0.25, 0.3) is 5.91 Å². The van der Waals surface area contributed by atoms with Crippen molar-refractivity contribution in [3.8, 4) is 0 Å². The van der Waals surface area contributed by atoms with Gasteiger partial charge in [0.15, 0.2) is 0 Å². The van der Waals surface area contributed by atoms with Gasteiger partial charge >= 0.3 is 0 Å². The molecule has 1 amide bonds. The lowest BCUT2D eigenvalue weighted by molar-refractivity contribution is 0.0957. The van der Waals surface area contributed by atoms with Crippen molar-refractivity contribution in [1.82, 2.24) is 20.7 Å². The Morgan fingerprint density at radius 1 is 1.53 bits per heavy atom. The summed E-state index contributed by atoms with van der Waals surface area (Å²) in [4.78, 5) is 11.7. The number of halogens is 1. The number of H-pyrrole nitrogens is 1. The lowest BCUT2D eigenvalue weighted by atomic mass is 10.1. The fourth-order valence-electron chi connectivity index (χ4n) is 1.35. The van der Waals surface area contributed by atoms with Crippen molar-refractivity contribution in [2.45, 2.75) is 6.92 Å². The number of aromatic amines is 1. The van der Waals surface area contributed by atoms with E-state index in [-0.39, 0.29) is 5.91 Å². The lowest BCUT2D eigenvalue weighted by Gasteiger charge is -2.02. The number of hydrogen-bond acceptors (Lipinski definition) is 3. The van der Waals surface area contributed by atoms with E-state index in [0.717, 1.165) is 4.47 Å². The first-order valence-electron chi connectivity index (χ1n) is 4.50. The molecule has 0 spiro atoms. The van der Waals surface area contributed by atoms with Crippen LogP contribution in [0.1, 0.15) is 17.3 Å². The van der Waals surface area contributed by atoms with E-state index in [9.17, 15) is 4.79 Å². The van der Waals surface area contributed by atoms with Crippen LogP contribution in [-0.4, -0.2) is 27.9 Å². The number of amides is 1. The van der Waals surface area contributed by atoms with Crippen molar-refractivity contribution in [2.24, 2.45) is 0 Å². The van der Waals surface area contributed by atoms with Crippen LogP contribution >= 0.6 is 15.9 Å². The number of fused-ring (bicyclic) bond motifs is 1. The Bertz CT molecular complexity index is 508. The third-order valence-corrected chi connectivity index (χ3v) is 2.43. The SMILES string of the molecule is CCNC(=O)c1cc(Br)cc2n[nH]nc12. The molecule has 0 aliphatic heterocycles. The van der Waals surface area contributed by atoms with Gasteiger partial charge in [0.1, 0.15) is 11.0 Å². The molecule has 1 aromatic heterocycles. The number of hydrogen-bond donors (Lipinski definition) is 2. The summed E-state index contributed by atoms with van der Waals surface area (Å²) >= 11 is 3.33. The fraction of sp³-hybridized carbons (Fsp3) is 0.222. The number of nitrogens with zero attached hydrogens (tertiary/aromatic N) is 2. The van der Waals surface area contributed by atoms with Crippen LogP contribution in [0.25, 0.3) is 11.0 Å². The molecule has 78 valence electrons. The molecule has 0 aliphatic rings. The van der Waals surface area contributed by atoms with E-state index in [4.69, 9.17) is 0 Å². The number of benzene rings is 1. The van der Waals surface area contributed by atoms with Crippen LogP contribution in [-0.2, 0) is 0 Å². The normalized spacial score (nSPS) is 10.5. The number of carbonyl (C=O) groups is 1. The Kier molecular flexibility index (Phi) is 2.68. The monoisotopic (exact) mass is 268 g/mol. The van der Waals surface area contributed by atoms with Crippen molar-refractivity contribution in [3.05, 3.63) is 22.2 Å². The fourth-order valence-corrected chi connectivity index (χ4v) is 1.79. The zero-order chi connectivity index (χ0) is 10.8. The molecule has 1 aromatic carbocycles. The molecule has 1 heterocycles. The van der Waals surface area contributed by atoms with Crippen molar-refractivity contribution in [2.75, 3.05) is 6.54 Å². The highest BCUT2D eigenvalue weighted by molar-refractivity contribution is 9.10. The van der Waals surface area contributed by atoms with Crippen molar-refractivity contribution < 1.29 is 4.79 Å². The van der Waals surface area contributed by atoms with Gasteiger partial charge in [0.05, 0.1) is 5.56 Å². The zero-order valence-corrected chi connectivity index (χ0v) is 9.63. The smallest absolute Gasteiger partial charge is 0.253 e. The number of nitrogens with one attached hydrogen (secondary N) is 2. The molecular formula is C9H9BrN4O. The van der Waals surface area contributed by atoms with E-state index in [1.54, 1.807) is 6.07 Å². The highest BCUT2D eigenvalue weighted by atomic mass is 79.9. The molecule has 0 saturated heterocycles. The van der Waals surface area contributed by atoms with Crippen LogP contribution < -0.4 is 5.32 Å². The van der Waals surface area contributed by atoms with Crippen LogP contribution in [0.5, 0.6) is 0 Å². The van der Waals surface area contributed by atoms with Gasteiger partial charge in [0.2, 0.25) is 0 Å². The number of rotatable bonds is 2. The maximum atomic E-state index is 11.7. The average molecular weight is 269 g/mol. The molecular weight excluding hydrogens is 260 g/mol. The molecule has 5 nitrogen and oxygen atoms in total. The molecule has 0 atom stereocenters. The number of carbonyl (C=O) groups excluding carboxylic acids is 1. The molecule has 2 rings (SSSR count). The molecule has 0 unspecified atom stereocenters. The maximum absolute atomic E-state index is 11.7. The predicted octanol–water partition coefficient (Wildman–Crippen LogP) is 1.47. The molecule has 0 radical (unpaired) electrons.